The average Bonchev–Trinajstić information content (AvgIpc) is 2.79. The minimum absolute atomic E-state index is 0.0880. The second-order valence-electron chi connectivity index (χ2n) is 3.49. The van der Waals surface area contributed by atoms with Crippen molar-refractivity contribution < 1.29 is 4.42 Å². The minimum Gasteiger partial charge on any atom is -0.472 e. The molecule has 0 aliphatic carbocycles. The third kappa shape index (κ3) is 1.79. The number of hydrogen-bond acceptors (Lipinski definition) is 4. The lowest BCUT2D eigenvalue weighted by atomic mass is 10.1. The molecule has 0 aliphatic rings. The van der Waals surface area contributed by atoms with E-state index in [1.807, 2.05) is 30.8 Å². The number of nitrogens with one attached hydrogen (secondary N) is 1. The van der Waals surface area contributed by atoms with Crippen molar-refractivity contribution in [3.8, 4) is 0 Å². The Hall–Kier alpha value is -1.59. The van der Waals surface area contributed by atoms with Gasteiger partial charge in [0.1, 0.15) is 0 Å². The van der Waals surface area contributed by atoms with Crippen LogP contribution in [0.1, 0.15) is 23.0 Å². The Kier molecular flexibility index (Phi) is 2.57. The van der Waals surface area contributed by atoms with E-state index in [9.17, 15) is 0 Å². The molecule has 1 unspecified atom stereocenters. The van der Waals surface area contributed by atoms with E-state index >= 15 is 0 Å². The summed E-state index contributed by atoms with van der Waals surface area (Å²) < 4.78 is 6.85. The number of hydrogen-bond donors (Lipinski definition) is 2. The lowest BCUT2D eigenvalue weighted by Crippen LogP contribution is -2.30. The van der Waals surface area contributed by atoms with Crippen LogP contribution in [0.2, 0.25) is 0 Å². The lowest BCUT2D eigenvalue weighted by molar-refractivity contribution is 0.540. The smallest absolute Gasteiger partial charge is 0.0954 e. The highest BCUT2D eigenvalue weighted by molar-refractivity contribution is 5.25. The molecule has 0 saturated carbocycles. The van der Waals surface area contributed by atoms with Crippen molar-refractivity contribution in [1.29, 1.82) is 0 Å². The second-order valence-corrected chi connectivity index (χ2v) is 3.49. The highest BCUT2D eigenvalue weighted by Crippen LogP contribution is 2.21. The summed E-state index contributed by atoms with van der Waals surface area (Å²) in [4.78, 5) is 0. The van der Waals surface area contributed by atoms with E-state index in [-0.39, 0.29) is 6.04 Å². The maximum Gasteiger partial charge on any atom is 0.0954 e. The highest BCUT2D eigenvalue weighted by atomic mass is 16.3. The molecule has 0 radical (unpaired) electrons. The second kappa shape index (κ2) is 3.88. The van der Waals surface area contributed by atoms with Crippen molar-refractivity contribution in [2.24, 2.45) is 12.9 Å². The molecule has 1 atom stereocenters. The van der Waals surface area contributed by atoms with Gasteiger partial charge in [-0.1, -0.05) is 0 Å². The number of nitrogens with zero attached hydrogens (tertiary/aromatic N) is 2. The summed E-state index contributed by atoms with van der Waals surface area (Å²) in [7, 11) is 1.90. The molecule has 80 valence electrons. The average molecular weight is 206 g/mol. The molecule has 0 spiro atoms. The van der Waals surface area contributed by atoms with E-state index in [1.54, 1.807) is 12.5 Å². The maximum atomic E-state index is 5.54. The Labute approximate surface area is 87.8 Å². The Morgan fingerprint density at radius 3 is 2.87 bits per heavy atom. The number of hydrazine groups is 1. The van der Waals surface area contributed by atoms with Crippen LogP contribution in [0, 0.1) is 6.92 Å². The zero-order valence-electron chi connectivity index (χ0n) is 8.77. The first-order chi connectivity index (χ1) is 7.22. The summed E-state index contributed by atoms with van der Waals surface area (Å²) in [5.74, 6) is 5.54. The summed E-state index contributed by atoms with van der Waals surface area (Å²) in [6.07, 6.45) is 3.30. The molecule has 0 amide bonds. The number of rotatable bonds is 3. The van der Waals surface area contributed by atoms with Crippen LogP contribution in [-0.4, -0.2) is 9.78 Å². The van der Waals surface area contributed by atoms with Gasteiger partial charge in [-0.15, -0.1) is 0 Å². The minimum atomic E-state index is -0.0880. The van der Waals surface area contributed by atoms with Crippen LogP contribution in [0.4, 0.5) is 0 Å². The molecule has 2 aromatic heterocycles. The topological polar surface area (TPSA) is 69.0 Å². The Bertz CT molecular complexity index is 432. The van der Waals surface area contributed by atoms with E-state index in [2.05, 4.69) is 10.5 Å². The molecule has 2 aromatic rings. The molecule has 0 fully saturated rings. The van der Waals surface area contributed by atoms with Gasteiger partial charge in [-0.25, -0.2) is 5.43 Å². The van der Waals surface area contributed by atoms with Gasteiger partial charge in [0, 0.05) is 12.6 Å². The van der Waals surface area contributed by atoms with Crippen molar-refractivity contribution >= 4 is 0 Å². The SMILES string of the molecule is Cc1cc(C(NN)c2ccoc2)n(C)n1. The predicted octanol–water partition coefficient (Wildman–Crippen LogP) is 0.874. The number of furan rings is 1. The maximum absolute atomic E-state index is 5.54. The van der Waals surface area contributed by atoms with Crippen LogP contribution in [-0.2, 0) is 7.05 Å². The molecule has 5 nitrogen and oxygen atoms in total. The first kappa shape index (κ1) is 9.95. The molecular weight excluding hydrogens is 192 g/mol. The van der Waals surface area contributed by atoms with Gasteiger partial charge in [0.15, 0.2) is 0 Å². The Morgan fingerprint density at radius 2 is 2.40 bits per heavy atom. The van der Waals surface area contributed by atoms with Gasteiger partial charge in [0.05, 0.1) is 30.0 Å². The van der Waals surface area contributed by atoms with Gasteiger partial charge >= 0.3 is 0 Å². The summed E-state index contributed by atoms with van der Waals surface area (Å²) in [5, 5.41) is 4.28. The lowest BCUT2D eigenvalue weighted by Gasteiger charge is -2.13. The van der Waals surface area contributed by atoms with Gasteiger partial charge in [0.2, 0.25) is 0 Å². The van der Waals surface area contributed by atoms with E-state index in [0.29, 0.717) is 0 Å². The third-order valence-electron chi connectivity index (χ3n) is 2.38. The zero-order valence-corrected chi connectivity index (χ0v) is 8.77. The summed E-state index contributed by atoms with van der Waals surface area (Å²) in [5.41, 5.74) is 5.72. The van der Waals surface area contributed by atoms with Crippen LogP contribution in [0.5, 0.6) is 0 Å². The molecule has 0 saturated heterocycles. The van der Waals surface area contributed by atoms with Crippen LogP contribution in [0.25, 0.3) is 0 Å². The molecular formula is C10H14N4O. The first-order valence-corrected chi connectivity index (χ1v) is 4.71. The molecule has 3 N–H and O–H groups in total. The largest absolute Gasteiger partial charge is 0.472 e. The van der Waals surface area contributed by atoms with Crippen LogP contribution < -0.4 is 11.3 Å². The number of aryl methyl sites for hydroxylation is 2. The Morgan fingerprint density at radius 1 is 1.60 bits per heavy atom. The van der Waals surface area contributed by atoms with Gasteiger partial charge in [-0.05, 0) is 19.1 Å². The van der Waals surface area contributed by atoms with Gasteiger partial charge < -0.3 is 4.42 Å². The molecule has 0 aliphatic heterocycles. The van der Waals surface area contributed by atoms with E-state index in [1.165, 1.54) is 0 Å². The van der Waals surface area contributed by atoms with Crippen LogP contribution >= 0.6 is 0 Å². The monoisotopic (exact) mass is 206 g/mol. The Balaban J connectivity index is 2.39. The molecule has 2 rings (SSSR count). The molecule has 0 aromatic carbocycles. The molecule has 0 bridgehead atoms. The fraction of sp³-hybridized carbons (Fsp3) is 0.300. The molecule has 15 heavy (non-hydrogen) atoms. The standard InChI is InChI=1S/C10H14N4O/c1-7-5-9(14(2)13-7)10(12-11)8-3-4-15-6-8/h3-6,10,12H,11H2,1-2H3. The van der Waals surface area contributed by atoms with Crippen LogP contribution in [0.15, 0.2) is 29.1 Å². The predicted molar refractivity (Wildman–Crippen MR) is 55.8 cm³/mol. The van der Waals surface area contributed by atoms with E-state index in [0.717, 1.165) is 17.0 Å². The molecule has 5 heteroatoms. The number of nitrogens with two attached hydrogens (primary N) is 1. The molecule has 2 heterocycles. The van der Waals surface area contributed by atoms with Crippen molar-refractivity contribution in [2.45, 2.75) is 13.0 Å². The van der Waals surface area contributed by atoms with Crippen molar-refractivity contribution in [3.05, 3.63) is 41.6 Å². The highest BCUT2D eigenvalue weighted by Gasteiger charge is 2.17. The van der Waals surface area contributed by atoms with Crippen molar-refractivity contribution in [3.63, 3.8) is 0 Å². The van der Waals surface area contributed by atoms with Crippen molar-refractivity contribution in [1.82, 2.24) is 15.2 Å². The van der Waals surface area contributed by atoms with Gasteiger partial charge in [-0.3, -0.25) is 10.5 Å². The first-order valence-electron chi connectivity index (χ1n) is 4.71. The fourth-order valence-corrected chi connectivity index (χ4v) is 1.69. The van der Waals surface area contributed by atoms with Crippen LogP contribution in [0.3, 0.4) is 0 Å². The van der Waals surface area contributed by atoms with Gasteiger partial charge in [0.25, 0.3) is 0 Å². The summed E-state index contributed by atoms with van der Waals surface area (Å²) >= 11 is 0. The number of aromatic nitrogens is 2. The summed E-state index contributed by atoms with van der Waals surface area (Å²) in [6.45, 7) is 1.95. The third-order valence-corrected chi connectivity index (χ3v) is 2.38. The van der Waals surface area contributed by atoms with Gasteiger partial charge in [-0.2, -0.15) is 5.10 Å². The zero-order chi connectivity index (χ0) is 10.8. The fourth-order valence-electron chi connectivity index (χ4n) is 1.69. The van der Waals surface area contributed by atoms with E-state index < -0.39 is 0 Å². The van der Waals surface area contributed by atoms with Crippen molar-refractivity contribution in [2.75, 3.05) is 0 Å². The van der Waals surface area contributed by atoms with E-state index in [4.69, 9.17) is 10.3 Å². The normalized spacial score (nSPS) is 13.0. The quantitative estimate of drug-likeness (QED) is 0.577. The summed E-state index contributed by atoms with van der Waals surface area (Å²) in [6, 6.07) is 3.79.